The molecule has 4 rings (SSSR count). The van der Waals surface area contributed by atoms with Gasteiger partial charge in [-0.2, -0.15) is 5.26 Å². The minimum absolute atomic E-state index is 0.0842. The van der Waals surface area contributed by atoms with Gasteiger partial charge in [0.15, 0.2) is 0 Å². The van der Waals surface area contributed by atoms with Crippen LogP contribution in [0.2, 0.25) is 0 Å². The van der Waals surface area contributed by atoms with Crippen LogP contribution in [-0.4, -0.2) is 45.4 Å². The molecule has 1 aliphatic rings. The third-order valence-corrected chi connectivity index (χ3v) is 5.92. The minimum atomic E-state index is -1.30. The van der Waals surface area contributed by atoms with E-state index in [2.05, 4.69) is 0 Å². The average molecular weight is 496 g/mol. The number of hydrogen-bond acceptors (Lipinski definition) is 6. The highest BCUT2D eigenvalue weighted by atomic mass is 16.4. The summed E-state index contributed by atoms with van der Waals surface area (Å²) in [5.74, 6) is -3.45. The van der Waals surface area contributed by atoms with Gasteiger partial charge >= 0.3 is 11.9 Å². The summed E-state index contributed by atoms with van der Waals surface area (Å²) in [7, 11) is 0. The molecule has 0 bridgehead atoms. The van der Waals surface area contributed by atoms with Crippen molar-refractivity contribution in [2.75, 3.05) is 6.54 Å². The van der Waals surface area contributed by atoms with Crippen LogP contribution >= 0.6 is 0 Å². The molecule has 3 aromatic rings. The molecule has 184 valence electrons. The molecule has 9 nitrogen and oxygen atoms in total. The number of furan rings is 1. The van der Waals surface area contributed by atoms with Crippen LogP contribution < -0.4 is 0 Å². The Morgan fingerprint density at radius 3 is 2.22 bits per heavy atom. The predicted octanol–water partition coefficient (Wildman–Crippen LogP) is 4.18. The number of carboxylic acids is 2. The Hall–Kier alpha value is -5.23. The van der Waals surface area contributed by atoms with Crippen LogP contribution in [0.25, 0.3) is 17.4 Å². The summed E-state index contributed by atoms with van der Waals surface area (Å²) < 4.78 is 5.78. The first kappa shape index (κ1) is 24.9. The number of aromatic carboxylic acids is 2. The smallest absolute Gasteiger partial charge is 0.335 e. The van der Waals surface area contributed by atoms with Crippen LogP contribution in [0.4, 0.5) is 0 Å². The van der Waals surface area contributed by atoms with Gasteiger partial charge in [0.2, 0.25) is 0 Å². The van der Waals surface area contributed by atoms with Gasteiger partial charge in [0.25, 0.3) is 11.8 Å². The first-order chi connectivity index (χ1) is 17.7. The lowest BCUT2D eigenvalue weighted by Gasteiger charge is -2.27. The number of hydrogen-bond donors (Lipinski definition) is 2. The average Bonchev–Trinajstić information content (AvgIpc) is 3.36. The molecule has 0 aliphatic carbocycles. The quantitative estimate of drug-likeness (QED) is 0.365. The van der Waals surface area contributed by atoms with Gasteiger partial charge in [0.05, 0.1) is 11.1 Å². The van der Waals surface area contributed by atoms with Gasteiger partial charge in [0.1, 0.15) is 23.2 Å². The van der Waals surface area contributed by atoms with E-state index in [-0.39, 0.29) is 51.5 Å². The molecule has 0 atom stereocenters. The molecule has 2 amide bonds. The molecule has 9 heteroatoms. The molecule has 1 aromatic heterocycles. The minimum Gasteiger partial charge on any atom is -0.478 e. The van der Waals surface area contributed by atoms with E-state index in [0.29, 0.717) is 6.42 Å². The van der Waals surface area contributed by atoms with E-state index in [1.165, 1.54) is 37.3 Å². The lowest BCUT2D eigenvalue weighted by molar-refractivity contribution is -0.140. The molecule has 2 heterocycles. The fourth-order valence-corrected chi connectivity index (χ4v) is 3.96. The maximum Gasteiger partial charge on any atom is 0.335 e. The molecule has 2 aromatic carbocycles. The van der Waals surface area contributed by atoms with Crippen LogP contribution in [-0.2, 0) is 16.0 Å². The van der Waals surface area contributed by atoms with Crippen molar-refractivity contribution in [2.45, 2.75) is 13.3 Å². The molecule has 2 N–H and O–H groups in total. The lowest BCUT2D eigenvalue weighted by atomic mass is 9.94. The van der Waals surface area contributed by atoms with Crippen molar-refractivity contribution in [3.8, 4) is 17.4 Å². The molecule has 0 saturated carbocycles. The number of nitrogens with zero attached hydrogens (tertiary/aromatic N) is 2. The molecule has 0 fully saturated rings. The zero-order valence-electron chi connectivity index (χ0n) is 19.6. The van der Waals surface area contributed by atoms with Gasteiger partial charge in [-0.3, -0.25) is 14.5 Å². The number of nitriles is 1. The van der Waals surface area contributed by atoms with Gasteiger partial charge in [-0.1, -0.05) is 30.3 Å². The zero-order valence-corrected chi connectivity index (χ0v) is 19.6. The Morgan fingerprint density at radius 1 is 0.973 bits per heavy atom. The van der Waals surface area contributed by atoms with E-state index in [9.17, 15) is 34.7 Å². The Kier molecular flexibility index (Phi) is 6.84. The highest BCUT2D eigenvalue weighted by molar-refractivity contribution is 6.19. The van der Waals surface area contributed by atoms with Gasteiger partial charge < -0.3 is 14.6 Å². The monoisotopic (exact) mass is 496 g/mol. The van der Waals surface area contributed by atoms with Crippen molar-refractivity contribution < 1.29 is 33.8 Å². The first-order valence-corrected chi connectivity index (χ1v) is 11.1. The number of carbonyl (C=O) groups is 4. The molecule has 37 heavy (non-hydrogen) atoms. The molecule has 1 aliphatic heterocycles. The molecular weight excluding hydrogens is 476 g/mol. The van der Waals surface area contributed by atoms with Gasteiger partial charge in [0, 0.05) is 17.7 Å². The molecule has 0 radical (unpaired) electrons. The van der Waals surface area contributed by atoms with Crippen molar-refractivity contribution in [1.29, 1.82) is 5.26 Å². The number of imide groups is 1. The second kappa shape index (κ2) is 10.2. The highest BCUT2D eigenvalue weighted by Gasteiger charge is 2.35. The van der Waals surface area contributed by atoms with E-state index in [0.717, 1.165) is 16.5 Å². The third-order valence-electron chi connectivity index (χ3n) is 5.92. The van der Waals surface area contributed by atoms with Crippen LogP contribution in [0.15, 0.2) is 81.8 Å². The van der Waals surface area contributed by atoms with E-state index < -0.39 is 23.8 Å². The van der Waals surface area contributed by atoms with Crippen LogP contribution in [0, 0.1) is 11.3 Å². The van der Waals surface area contributed by atoms with Crippen LogP contribution in [0.5, 0.6) is 0 Å². The van der Waals surface area contributed by atoms with Crippen LogP contribution in [0.1, 0.15) is 39.0 Å². The summed E-state index contributed by atoms with van der Waals surface area (Å²) in [5, 5.41) is 28.2. The Labute approximate surface area is 211 Å². The number of amides is 2. The lowest BCUT2D eigenvalue weighted by Crippen LogP contribution is -2.43. The topological polar surface area (TPSA) is 149 Å². The Bertz CT molecular complexity index is 1510. The van der Waals surface area contributed by atoms with Crippen molar-refractivity contribution in [3.63, 3.8) is 0 Å². The van der Waals surface area contributed by atoms with E-state index in [1.807, 2.05) is 36.4 Å². The van der Waals surface area contributed by atoms with Crippen molar-refractivity contribution in [3.05, 3.63) is 99.8 Å². The zero-order chi connectivity index (χ0) is 26.7. The largest absolute Gasteiger partial charge is 0.478 e. The Balaban J connectivity index is 1.69. The summed E-state index contributed by atoms with van der Waals surface area (Å²) in [5.41, 5.74) is 0.881. The van der Waals surface area contributed by atoms with E-state index >= 15 is 0 Å². The second-order valence-corrected chi connectivity index (χ2v) is 8.28. The fourth-order valence-electron chi connectivity index (χ4n) is 3.96. The summed E-state index contributed by atoms with van der Waals surface area (Å²) in [4.78, 5) is 50.0. The van der Waals surface area contributed by atoms with Crippen LogP contribution in [0.3, 0.4) is 0 Å². The van der Waals surface area contributed by atoms with Gasteiger partial charge in [-0.05, 0) is 60.9 Å². The first-order valence-electron chi connectivity index (χ1n) is 11.1. The van der Waals surface area contributed by atoms with Gasteiger partial charge in [-0.25, -0.2) is 9.59 Å². The number of benzene rings is 2. The molecule has 0 unspecified atom stereocenters. The summed E-state index contributed by atoms with van der Waals surface area (Å²) in [6.45, 7) is 1.59. The summed E-state index contributed by atoms with van der Waals surface area (Å²) in [6.07, 6.45) is 1.82. The molecule has 0 spiro atoms. The molecule has 0 saturated heterocycles. The van der Waals surface area contributed by atoms with Gasteiger partial charge in [-0.15, -0.1) is 0 Å². The normalized spacial score (nSPS) is 14.7. The Morgan fingerprint density at radius 2 is 1.62 bits per heavy atom. The number of rotatable bonds is 7. The standard InChI is InChI=1S/C28H20N2O7/c1-16-22(25(31)30(26(32)23(16)15-29)10-9-17-5-3-2-4-6-17)14-21-7-8-24(37-21)18-11-19(27(33)34)13-20(12-18)28(35)36/h2-8,11-14H,9-10H2,1H3,(H,33,34)(H,35,36)/b22-14+. The maximum atomic E-state index is 13.3. The summed E-state index contributed by atoms with van der Waals surface area (Å²) >= 11 is 0. The predicted molar refractivity (Wildman–Crippen MR) is 131 cm³/mol. The summed E-state index contributed by atoms with van der Waals surface area (Å²) in [6, 6.07) is 17.8. The molecular formula is C28H20N2O7. The fraction of sp³-hybridized carbons (Fsp3) is 0.107. The van der Waals surface area contributed by atoms with E-state index in [1.54, 1.807) is 0 Å². The maximum absolute atomic E-state index is 13.3. The van der Waals surface area contributed by atoms with E-state index in [4.69, 9.17) is 4.42 Å². The SMILES string of the molecule is CC1=C(C#N)C(=O)N(CCc2ccccc2)C(=O)/C1=C/c1ccc(-c2cc(C(=O)O)cc(C(=O)O)c2)o1. The number of carbonyl (C=O) groups excluding carboxylic acids is 2. The van der Waals surface area contributed by atoms with Crippen molar-refractivity contribution in [1.82, 2.24) is 4.90 Å². The highest BCUT2D eigenvalue weighted by Crippen LogP contribution is 2.30. The van der Waals surface area contributed by atoms with Crippen molar-refractivity contribution >= 4 is 29.8 Å². The number of carboxylic acid groups (broad SMARTS) is 2. The second-order valence-electron chi connectivity index (χ2n) is 8.28. The van der Waals surface area contributed by atoms with Crippen molar-refractivity contribution in [2.24, 2.45) is 0 Å². The third kappa shape index (κ3) is 5.09.